The number of hydrogen-bond donors (Lipinski definition) is 2. The third-order valence-electron chi connectivity index (χ3n) is 3.93. The zero-order valence-electron chi connectivity index (χ0n) is 14.6. The Kier molecular flexibility index (Phi) is 5.27. The number of anilines is 2. The predicted molar refractivity (Wildman–Crippen MR) is 103 cm³/mol. The van der Waals surface area contributed by atoms with Crippen LogP contribution in [-0.4, -0.2) is 18.7 Å². The van der Waals surface area contributed by atoms with E-state index in [0.29, 0.717) is 12.2 Å². The van der Waals surface area contributed by atoms with Gasteiger partial charge in [-0.15, -0.1) is 0 Å². The maximum Gasteiger partial charge on any atom is 0.235 e. The highest BCUT2D eigenvalue weighted by atomic mass is 32.2. The molecule has 0 aliphatic rings. The molecule has 0 aliphatic heterocycles. The van der Waals surface area contributed by atoms with Crippen LogP contribution in [0.2, 0.25) is 0 Å². The Morgan fingerprint density at radius 3 is 2.23 bits per heavy atom. The minimum Gasteiger partial charge on any atom is -0.444 e. The number of nitrogens with zero attached hydrogens (tertiary/aromatic N) is 1. The average Bonchev–Trinajstić information content (AvgIpc) is 3.16. The minimum atomic E-state index is -3.32. The Morgan fingerprint density at radius 1 is 1.00 bits per heavy atom. The van der Waals surface area contributed by atoms with Crippen LogP contribution in [0, 0.1) is 0 Å². The largest absolute Gasteiger partial charge is 0.444 e. The summed E-state index contributed by atoms with van der Waals surface area (Å²) < 4.78 is 31.6. The minimum absolute atomic E-state index is 0.469. The van der Waals surface area contributed by atoms with Crippen molar-refractivity contribution in [1.82, 2.24) is 4.98 Å². The number of nitrogens with one attached hydrogen (secondary N) is 2. The first-order valence-corrected chi connectivity index (χ1v) is 9.82. The van der Waals surface area contributed by atoms with Gasteiger partial charge in [-0.2, -0.15) is 0 Å². The first-order chi connectivity index (χ1) is 12.4. The quantitative estimate of drug-likeness (QED) is 0.653. The van der Waals surface area contributed by atoms with E-state index in [9.17, 15) is 8.42 Å². The Morgan fingerprint density at radius 2 is 1.65 bits per heavy atom. The lowest BCUT2D eigenvalue weighted by atomic mass is 10.1. The molecule has 0 fully saturated rings. The van der Waals surface area contributed by atoms with Gasteiger partial charge in [0.2, 0.25) is 10.0 Å². The molecule has 0 saturated carbocycles. The molecule has 2 N–H and O–H groups in total. The van der Waals surface area contributed by atoms with Gasteiger partial charge in [-0.3, -0.25) is 4.72 Å². The number of sulfonamides is 1. The molecule has 0 atom stereocenters. The highest BCUT2D eigenvalue weighted by Crippen LogP contribution is 2.21. The second-order valence-electron chi connectivity index (χ2n) is 6.19. The van der Waals surface area contributed by atoms with Crippen molar-refractivity contribution in [1.29, 1.82) is 0 Å². The summed E-state index contributed by atoms with van der Waals surface area (Å²) in [6.45, 7) is 3.93. The lowest BCUT2D eigenvalue weighted by Crippen LogP contribution is -2.22. The Hall–Kier alpha value is -2.80. The number of benzene rings is 2. The van der Waals surface area contributed by atoms with E-state index in [1.165, 1.54) is 6.39 Å². The van der Waals surface area contributed by atoms with Crippen molar-refractivity contribution in [3.05, 3.63) is 66.7 Å². The molecular weight excluding hydrogens is 350 g/mol. The molecule has 0 amide bonds. The van der Waals surface area contributed by atoms with Crippen molar-refractivity contribution in [2.45, 2.75) is 25.6 Å². The summed E-state index contributed by atoms with van der Waals surface area (Å²) in [5, 5.41) is 2.87. The van der Waals surface area contributed by atoms with E-state index in [-0.39, 0.29) is 0 Å². The Bertz CT molecular complexity index is 933. The van der Waals surface area contributed by atoms with Gasteiger partial charge in [0.15, 0.2) is 12.2 Å². The Labute approximate surface area is 153 Å². The molecular formula is C19H21N3O3S. The molecule has 0 aliphatic carbocycles. The van der Waals surface area contributed by atoms with Crippen molar-refractivity contribution in [2.75, 3.05) is 10.0 Å². The summed E-state index contributed by atoms with van der Waals surface area (Å²) in [5.41, 5.74) is 3.57. The summed E-state index contributed by atoms with van der Waals surface area (Å²) in [5.74, 6) is 0.732. The second-order valence-corrected chi connectivity index (χ2v) is 8.43. The molecule has 0 unspecified atom stereocenters. The first kappa shape index (κ1) is 18.0. The van der Waals surface area contributed by atoms with Gasteiger partial charge >= 0.3 is 0 Å². The van der Waals surface area contributed by atoms with Gasteiger partial charge < -0.3 is 9.73 Å². The third kappa shape index (κ3) is 4.43. The maximum atomic E-state index is 11.9. The summed E-state index contributed by atoms with van der Waals surface area (Å²) in [6, 6.07) is 15.2. The van der Waals surface area contributed by atoms with Gasteiger partial charge in [-0.1, -0.05) is 12.1 Å². The van der Waals surface area contributed by atoms with Crippen LogP contribution >= 0.6 is 0 Å². The summed E-state index contributed by atoms with van der Waals surface area (Å²) in [4.78, 5) is 3.91. The molecule has 2 aromatic carbocycles. The van der Waals surface area contributed by atoms with Crippen molar-refractivity contribution in [3.8, 4) is 11.3 Å². The maximum absolute atomic E-state index is 11.9. The van der Waals surface area contributed by atoms with E-state index in [4.69, 9.17) is 4.42 Å². The van der Waals surface area contributed by atoms with Crippen LogP contribution in [0.15, 0.2) is 65.5 Å². The molecule has 6 nitrogen and oxygen atoms in total. The second kappa shape index (κ2) is 7.61. The SMILES string of the molecule is CC(C)S(=O)(=O)Nc1ccc(CNc2ccc(-c3cnco3)cc2)cc1. The van der Waals surface area contributed by atoms with Crippen LogP contribution in [0.4, 0.5) is 11.4 Å². The molecule has 3 aromatic rings. The summed E-state index contributed by atoms with van der Waals surface area (Å²) in [6.07, 6.45) is 3.09. The number of rotatable bonds is 7. The molecule has 0 radical (unpaired) electrons. The summed E-state index contributed by atoms with van der Waals surface area (Å²) >= 11 is 0. The van der Waals surface area contributed by atoms with E-state index in [2.05, 4.69) is 15.0 Å². The van der Waals surface area contributed by atoms with Gasteiger partial charge in [-0.25, -0.2) is 13.4 Å². The van der Waals surface area contributed by atoms with Crippen molar-refractivity contribution >= 4 is 21.4 Å². The third-order valence-corrected chi connectivity index (χ3v) is 5.69. The van der Waals surface area contributed by atoms with Crippen LogP contribution in [0.1, 0.15) is 19.4 Å². The monoisotopic (exact) mass is 371 g/mol. The molecule has 1 aromatic heterocycles. The molecule has 136 valence electrons. The highest BCUT2D eigenvalue weighted by Gasteiger charge is 2.15. The fourth-order valence-corrected chi connectivity index (χ4v) is 2.99. The fourth-order valence-electron chi connectivity index (χ4n) is 2.29. The lowest BCUT2D eigenvalue weighted by molar-refractivity contribution is 0.572. The van der Waals surface area contributed by atoms with Gasteiger partial charge in [-0.05, 0) is 55.8 Å². The van der Waals surface area contributed by atoms with Crippen LogP contribution in [0.3, 0.4) is 0 Å². The van der Waals surface area contributed by atoms with E-state index in [1.54, 1.807) is 32.2 Å². The van der Waals surface area contributed by atoms with E-state index < -0.39 is 15.3 Å². The molecule has 26 heavy (non-hydrogen) atoms. The number of hydrogen-bond acceptors (Lipinski definition) is 5. The van der Waals surface area contributed by atoms with Gasteiger partial charge in [0.1, 0.15) is 0 Å². The zero-order chi connectivity index (χ0) is 18.6. The molecule has 0 saturated heterocycles. The van der Waals surface area contributed by atoms with Crippen molar-refractivity contribution < 1.29 is 12.8 Å². The number of oxazole rings is 1. The van der Waals surface area contributed by atoms with E-state index >= 15 is 0 Å². The fraction of sp³-hybridized carbons (Fsp3) is 0.211. The molecule has 7 heteroatoms. The van der Waals surface area contributed by atoms with Gasteiger partial charge in [0, 0.05) is 23.5 Å². The van der Waals surface area contributed by atoms with Crippen LogP contribution < -0.4 is 10.0 Å². The van der Waals surface area contributed by atoms with Crippen molar-refractivity contribution in [3.63, 3.8) is 0 Å². The number of aromatic nitrogens is 1. The molecule has 3 rings (SSSR count). The zero-order valence-corrected chi connectivity index (χ0v) is 15.5. The first-order valence-electron chi connectivity index (χ1n) is 8.27. The van der Waals surface area contributed by atoms with Crippen LogP contribution in [0.25, 0.3) is 11.3 Å². The Balaban J connectivity index is 1.58. The molecule has 0 bridgehead atoms. The molecule has 0 spiro atoms. The standard InChI is InChI=1S/C19H21N3O3S/c1-14(2)26(23,24)22-18-7-3-15(4-8-18)11-21-17-9-5-16(6-10-17)19-12-20-13-25-19/h3-10,12-14,21-22H,11H2,1-2H3. The van der Waals surface area contributed by atoms with E-state index in [1.807, 2.05) is 36.4 Å². The summed E-state index contributed by atoms with van der Waals surface area (Å²) in [7, 11) is -3.32. The van der Waals surface area contributed by atoms with Gasteiger partial charge in [0.25, 0.3) is 0 Å². The molecule has 1 heterocycles. The van der Waals surface area contributed by atoms with E-state index in [0.717, 1.165) is 22.6 Å². The van der Waals surface area contributed by atoms with Crippen molar-refractivity contribution in [2.24, 2.45) is 0 Å². The van der Waals surface area contributed by atoms with Crippen LogP contribution in [-0.2, 0) is 16.6 Å². The average molecular weight is 371 g/mol. The smallest absolute Gasteiger partial charge is 0.235 e. The lowest BCUT2D eigenvalue weighted by Gasteiger charge is -2.12. The van der Waals surface area contributed by atoms with Gasteiger partial charge in [0.05, 0.1) is 11.4 Å². The predicted octanol–water partition coefficient (Wildman–Crippen LogP) is 4.10. The normalized spacial score (nSPS) is 11.5. The van der Waals surface area contributed by atoms with Crippen LogP contribution in [0.5, 0.6) is 0 Å². The highest BCUT2D eigenvalue weighted by molar-refractivity contribution is 7.93. The topological polar surface area (TPSA) is 84.2 Å².